The predicted octanol–water partition coefficient (Wildman–Crippen LogP) is 3.09. The Morgan fingerprint density at radius 1 is 1.07 bits per heavy atom. The molecule has 156 valence electrons. The fourth-order valence-electron chi connectivity index (χ4n) is 2.97. The van der Waals surface area contributed by atoms with E-state index in [-0.39, 0.29) is 12.5 Å². The second kappa shape index (κ2) is 9.21. The summed E-state index contributed by atoms with van der Waals surface area (Å²) in [6, 6.07) is 12.2. The first-order valence-corrected chi connectivity index (χ1v) is 11.5. The molecule has 29 heavy (non-hydrogen) atoms. The zero-order chi connectivity index (χ0) is 21.0. The van der Waals surface area contributed by atoms with Crippen LogP contribution in [0, 0.1) is 0 Å². The van der Waals surface area contributed by atoms with Crippen LogP contribution in [-0.4, -0.2) is 57.7 Å². The number of carbonyl (C=O) groups is 1. The van der Waals surface area contributed by atoms with Crippen molar-refractivity contribution in [2.24, 2.45) is 0 Å². The van der Waals surface area contributed by atoms with Crippen molar-refractivity contribution in [3.63, 3.8) is 0 Å². The summed E-state index contributed by atoms with van der Waals surface area (Å²) in [5.74, 6) is 0.0698. The molecule has 2 aromatic rings. The summed E-state index contributed by atoms with van der Waals surface area (Å²) >= 11 is 11.8. The van der Waals surface area contributed by atoms with Gasteiger partial charge in [-0.1, -0.05) is 23.2 Å². The summed E-state index contributed by atoms with van der Waals surface area (Å²) in [6.45, 7) is 1.98. The van der Waals surface area contributed by atoms with E-state index in [1.165, 1.54) is 10.6 Å². The van der Waals surface area contributed by atoms with Gasteiger partial charge in [0.25, 0.3) is 5.91 Å². The van der Waals surface area contributed by atoms with Crippen molar-refractivity contribution in [3.8, 4) is 5.75 Å². The number of nitrogens with one attached hydrogen (secondary N) is 1. The van der Waals surface area contributed by atoms with E-state index in [0.29, 0.717) is 47.7 Å². The van der Waals surface area contributed by atoms with Crippen LogP contribution < -0.4 is 15.0 Å². The summed E-state index contributed by atoms with van der Waals surface area (Å²) in [4.78, 5) is 14.2. The zero-order valence-electron chi connectivity index (χ0n) is 15.8. The number of hydrogen-bond acceptors (Lipinski definition) is 5. The molecule has 2 aromatic carbocycles. The minimum atomic E-state index is -3.15. The van der Waals surface area contributed by atoms with E-state index in [0.717, 1.165) is 5.69 Å². The van der Waals surface area contributed by atoms with E-state index in [2.05, 4.69) is 10.2 Å². The maximum Gasteiger partial charge on any atom is 0.262 e. The van der Waals surface area contributed by atoms with Crippen molar-refractivity contribution in [3.05, 3.63) is 52.5 Å². The third-order valence-electron chi connectivity index (χ3n) is 4.48. The van der Waals surface area contributed by atoms with E-state index in [4.69, 9.17) is 27.9 Å². The number of anilines is 2. The first-order chi connectivity index (χ1) is 13.7. The smallest absolute Gasteiger partial charge is 0.262 e. The molecule has 10 heteroatoms. The molecule has 1 fully saturated rings. The van der Waals surface area contributed by atoms with E-state index in [9.17, 15) is 13.2 Å². The number of ether oxygens (including phenoxy) is 1. The molecule has 0 spiro atoms. The number of piperazine rings is 1. The Morgan fingerprint density at radius 3 is 2.31 bits per heavy atom. The average molecular weight is 458 g/mol. The molecule has 0 bridgehead atoms. The van der Waals surface area contributed by atoms with Crippen LogP contribution in [0.1, 0.15) is 0 Å². The Morgan fingerprint density at radius 2 is 1.72 bits per heavy atom. The lowest BCUT2D eigenvalue weighted by Gasteiger charge is -2.34. The van der Waals surface area contributed by atoms with Gasteiger partial charge >= 0.3 is 0 Å². The molecular formula is C19H21Cl2N3O4S. The molecule has 1 aliphatic rings. The highest BCUT2D eigenvalue weighted by atomic mass is 35.5. The minimum Gasteiger partial charge on any atom is -0.482 e. The van der Waals surface area contributed by atoms with Gasteiger partial charge in [-0.2, -0.15) is 4.31 Å². The third kappa shape index (κ3) is 5.99. The number of nitrogens with zero attached hydrogens (tertiary/aromatic N) is 2. The molecule has 1 saturated heterocycles. The predicted molar refractivity (Wildman–Crippen MR) is 116 cm³/mol. The van der Waals surface area contributed by atoms with E-state index in [1.54, 1.807) is 30.3 Å². The van der Waals surface area contributed by atoms with Gasteiger partial charge in [-0.15, -0.1) is 0 Å². The van der Waals surface area contributed by atoms with Crippen molar-refractivity contribution < 1.29 is 17.9 Å². The van der Waals surface area contributed by atoms with Gasteiger partial charge in [-0.05, 0) is 42.5 Å². The quantitative estimate of drug-likeness (QED) is 0.720. The number of hydrogen-bond donors (Lipinski definition) is 1. The molecule has 0 aromatic heterocycles. The number of amides is 1. The molecular weight excluding hydrogens is 437 g/mol. The van der Waals surface area contributed by atoms with E-state index < -0.39 is 10.0 Å². The van der Waals surface area contributed by atoms with E-state index in [1.807, 2.05) is 12.1 Å². The highest BCUT2D eigenvalue weighted by Crippen LogP contribution is 2.27. The van der Waals surface area contributed by atoms with E-state index >= 15 is 0 Å². The molecule has 0 aliphatic carbocycles. The third-order valence-corrected chi connectivity index (χ3v) is 6.31. The lowest BCUT2D eigenvalue weighted by Crippen LogP contribution is -2.48. The van der Waals surface area contributed by atoms with Crippen LogP contribution >= 0.6 is 23.2 Å². The molecule has 1 amide bonds. The van der Waals surface area contributed by atoms with Gasteiger partial charge in [-0.25, -0.2) is 8.42 Å². The Hall–Kier alpha value is -2.00. The summed E-state index contributed by atoms with van der Waals surface area (Å²) in [7, 11) is -3.15. The monoisotopic (exact) mass is 457 g/mol. The average Bonchev–Trinajstić information content (AvgIpc) is 2.67. The Labute approximate surface area is 180 Å². The number of halogens is 2. The lowest BCUT2D eigenvalue weighted by molar-refractivity contribution is -0.118. The van der Waals surface area contributed by atoms with Gasteiger partial charge in [0, 0.05) is 42.6 Å². The second-order valence-corrected chi connectivity index (χ2v) is 9.43. The standard InChI is InChI=1S/C19H21Cl2N3O4S/c1-29(26,27)24-10-8-23(9-11-24)16-5-3-15(4-6-16)22-19(25)13-28-18-7-2-14(20)12-17(18)21/h2-7,12H,8-11,13H2,1H3,(H,22,25). The molecule has 1 heterocycles. The van der Waals surface area contributed by atoms with Crippen molar-refractivity contribution in [2.45, 2.75) is 0 Å². The van der Waals surface area contributed by atoms with Gasteiger partial charge in [0.05, 0.1) is 11.3 Å². The molecule has 0 saturated carbocycles. The summed E-state index contributed by atoms with van der Waals surface area (Å²) in [5, 5.41) is 3.59. The van der Waals surface area contributed by atoms with Crippen molar-refractivity contribution in [1.82, 2.24) is 4.31 Å². The number of benzene rings is 2. The normalized spacial score (nSPS) is 15.2. The Kier molecular flexibility index (Phi) is 6.89. The number of carbonyl (C=O) groups excluding carboxylic acids is 1. The van der Waals surface area contributed by atoms with Crippen molar-refractivity contribution in [2.75, 3.05) is 49.3 Å². The molecule has 0 unspecified atom stereocenters. The Bertz CT molecular complexity index is 975. The van der Waals surface area contributed by atoms with Crippen LogP contribution in [0.25, 0.3) is 0 Å². The second-order valence-electron chi connectivity index (χ2n) is 6.61. The van der Waals surface area contributed by atoms with Gasteiger partial charge in [-0.3, -0.25) is 4.79 Å². The molecule has 1 aliphatic heterocycles. The van der Waals surface area contributed by atoms with Crippen LogP contribution in [0.15, 0.2) is 42.5 Å². The van der Waals surface area contributed by atoms with Crippen LogP contribution in [0.3, 0.4) is 0 Å². The van der Waals surface area contributed by atoms with Crippen LogP contribution in [0.5, 0.6) is 5.75 Å². The highest BCUT2D eigenvalue weighted by molar-refractivity contribution is 7.88. The maximum atomic E-state index is 12.1. The number of rotatable bonds is 6. The van der Waals surface area contributed by atoms with Crippen LogP contribution in [-0.2, 0) is 14.8 Å². The molecule has 7 nitrogen and oxygen atoms in total. The summed E-state index contributed by atoms with van der Waals surface area (Å²) < 4.78 is 30.1. The highest BCUT2D eigenvalue weighted by Gasteiger charge is 2.23. The molecule has 1 N–H and O–H groups in total. The zero-order valence-corrected chi connectivity index (χ0v) is 18.1. The van der Waals surface area contributed by atoms with Crippen LogP contribution in [0.4, 0.5) is 11.4 Å². The van der Waals surface area contributed by atoms with Gasteiger partial charge in [0.2, 0.25) is 10.0 Å². The first-order valence-electron chi connectivity index (χ1n) is 8.90. The summed E-state index contributed by atoms with van der Waals surface area (Å²) in [6.07, 6.45) is 1.23. The Balaban J connectivity index is 1.51. The maximum absolute atomic E-state index is 12.1. The molecule has 3 rings (SSSR count). The fourth-order valence-corrected chi connectivity index (χ4v) is 4.26. The van der Waals surface area contributed by atoms with Gasteiger partial charge in [0.1, 0.15) is 5.75 Å². The largest absolute Gasteiger partial charge is 0.482 e. The topological polar surface area (TPSA) is 79.0 Å². The minimum absolute atomic E-state index is 0.184. The van der Waals surface area contributed by atoms with Gasteiger partial charge < -0.3 is 15.0 Å². The lowest BCUT2D eigenvalue weighted by atomic mass is 10.2. The number of sulfonamides is 1. The fraction of sp³-hybridized carbons (Fsp3) is 0.316. The van der Waals surface area contributed by atoms with Crippen LogP contribution in [0.2, 0.25) is 10.0 Å². The molecule has 0 atom stereocenters. The van der Waals surface area contributed by atoms with Crippen molar-refractivity contribution >= 4 is 50.5 Å². The SMILES string of the molecule is CS(=O)(=O)N1CCN(c2ccc(NC(=O)COc3ccc(Cl)cc3Cl)cc2)CC1. The van der Waals surface area contributed by atoms with Crippen molar-refractivity contribution in [1.29, 1.82) is 0 Å². The van der Waals surface area contributed by atoms with Gasteiger partial charge in [0.15, 0.2) is 6.61 Å². The molecule has 0 radical (unpaired) electrons. The first kappa shape index (κ1) is 21.7. The summed E-state index contributed by atoms with van der Waals surface area (Å²) in [5.41, 5.74) is 1.61.